The average Bonchev–Trinajstić information content (AvgIpc) is 2.54. The van der Waals surface area contributed by atoms with E-state index in [0.717, 1.165) is 11.3 Å². The smallest absolute Gasteiger partial charge is 0.251 e. The molecule has 4 nitrogen and oxygen atoms in total. The Labute approximate surface area is 131 Å². The number of amides is 1. The van der Waals surface area contributed by atoms with Gasteiger partial charge in [0.15, 0.2) is 0 Å². The summed E-state index contributed by atoms with van der Waals surface area (Å²) in [6.07, 6.45) is 0. The molecule has 1 atom stereocenters. The molecular formula is C18H19N3O. The Hall–Kier alpha value is -2.80. The molecule has 2 aromatic carbocycles. The first-order valence-electron chi connectivity index (χ1n) is 7.09. The molecule has 112 valence electrons. The third-order valence-corrected chi connectivity index (χ3v) is 3.51. The van der Waals surface area contributed by atoms with Crippen LogP contribution in [0.4, 0.5) is 5.69 Å². The van der Waals surface area contributed by atoms with Gasteiger partial charge in [0.2, 0.25) is 0 Å². The molecule has 0 saturated carbocycles. The summed E-state index contributed by atoms with van der Waals surface area (Å²) in [7, 11) is 3.88. The maximum atomic E-state index is 12.3. The molecule has 0 aliphatic rings. The lowest BCUT2D eigenvalue weighted by atomic mass is 10.1. The van der Waals surface area contributed by atoms with E-state index in [-0.39, 0.29) is 11.9 Å². The highest BCUT2D eigenvalue weighted by Crippen LogP contribution is 2.16. The minimum atomic E-state index is -0.122. The van der Waals surface area contributed by atoms with Gasteiger partial charge in [-0.25, -0.2) is 0 Å². The van der Waals surface area contributed by atoms with Crippen molar-refractivity contribution in [1.82, 2.24) is 5.32 Å². The summed E-state index contributed by atoms with van der Waals surface area (Å²) in [6, 6.07) is 16.7. The molecule has 0 heterocycles. The SMILES string of the molecule is CC(NC(=O)c1cccc(N(C)C)c1)c1ccc(C#N)cc1. The lowest BCUT2D eigenvalue weighted by Gasteiger charge is -2.16. The monoisotopic (exact) mass is 293 g/mol. The highest BCUT2D eigenvalue weighted by molar-refractivity contribution is 5.95. The summed E-state index contributed by atoms with van der Waals surface area (Å²) in [5.74, 6) is -0.111. The number of benzene rings is 2. The lowest BCUT2D eigenvalue weighted by Crippen LogP contribution is -2.26. The Kier molecular flexibility index (Phi) is 4.80. The second-order valence-electron chi connectivity index (χ2n) is 5.37. The first-order chi connectivity index (χ1) is 10.5. The van der Waals surface area contributed by atoms with Crippen LogP contribution in [-0.4, -0.2) is 20.0 Å². The molecule has 0 aliphatic heterocycles. The molecule has 0 saturated heterocycles. The van der Waals surface area contributed by atoms with Gasteiger partial charge in [-0.3, -0.25) is 4.79 Å². The van der Waals surface area contributed by atoms with Gasteiger partial charge >= 0.3 is 0 Å². The van der Waals surface area contributed by atoms with E-state index in [0.29, 0.717) is 11.1 Å². The molecule has 1 amide bonds. The molecule has 1 unspecified atom stereocenters. The first-order valence-corrected chi connectivity index (χ1v) is 7.09. The van der Waals surface area contributed by atoms with E-state index >= 15 is 0 Å². The van der Waals surface area contributed by atoms with Crippen LogP contribution in [0.15, 0.2) is 48.5 Å². The van der Waals surface area contributed by atoms with Crippen LogP contribution in [0, 0.1) is 11.3 Å². The number of nitriles is 1. The molecule has 2 aromatic rings. The summed E-state index contributed by atoms with van der Waals surface area (Å²) in [5.41, 5.74) is 3.20. The van der Waals surface area contributed by atoms with Crippen molar-refractivity contribution >= 4 is 11.6 Å². The van der Waals surface area contributed by atoms with E-state index < -0.39 is 0 Å². The van der Waals surface area contributed by atoms with Crippen LogP contribution in [-0.2, 0) is 0 Å². The van der Waals surface area contributed by atoms with Crippen molar-refractivity contribution in [2.24, 2.45) is 0 Å². The van der Waals surface area contributed by atoms with Crippen molar-refractivity contribution in [3.63, 3.8) is 0 Å². The number of rotatable bonds is 4. The molecule has 0 aromatic heterocycles. The van der Waals surface area contributed by atoms with E-state index in [1.807, 2.05) is 56.3 Å². The Balaban J connectivity index is 2.10. The van der Waals surface area contributed by atoms with Crippen LogP contribution in [0.1, 0.15) is 34.5 Å². The number of carbonyl (C=O) groups is 1. The molecule has 2 rings (SSSR count). The van der Waals surface area contributed by atoms with Crippen molar-refractivity contribution in [3.8, 4) is 6.07 Å². The van der Waals surface area contributed by atoms with Gasteiger partial charge in [-0.2, -0.15) is 5.26 Å². The fraction of sp³-hybridized carbons (Fsp3) is 0.222. The highest BCUT2D eigenvalue weighted by atomic mass is 16.1. The third kappa shape index (κ3) is 3.64. The lowest BCUT2D eigenvalue weighted by molar-refractivity contribution is 0.0940. The highest BCUT2D eigenvalue weighted by Gasteiger charge is 2.12. The van der Waals surface area contributed by atoms with Crippen LogP contribution < -0.4 is 10.2 Å². The molecule has 4 heteroatoms. The number of carbonyl (C=O) groups excluding carboxylic acids is 1. The van der Waals surface area contributed by atoms with Gasteiger partial charge in [-0.05, 0) is 42.8 Å². The van der Waals surface area contributed by atoms with Crippen LogP contribution in [0.5, 0.6) is 0 Å². The Morgan fingerprint density at radius 3 is 2.45 bits per heavy atom. The number of nitrogens with one attached hydrogen (secondary N) is 1. The van der Waals surface area contributed by atoms with E-state index in [4.69, 9.17) is 5.26 Å². The minimum Gasteiger partial charge on any atom is -0.378 e. The maximum Gasteiger partial charge on any atom is 0.251 e. The van der Waals surface area contributed by atoms with Gasteiger partial charge in [0.1, 0.15) is 0 Å². The average molecular weight is 293 g/mol. The Morgan fingerprint density at radius 1 is 1.18 bits per heavy atom. The number of hydrogen-bond acceptors (Lipinski definition) is 3. The number of anilines is 1. The van der Waals surface area contributed by atoms with E-state index in [1.54, 1.807) is 18.2 Å². The molecule has 0 fully saturated rings. The second-order valence-corrected chi connectivity index (χ2v) is 5.37. The standard InChI is InChI=1S/C18H19N3O/c1-13(15-9-7-14(12-19)8-10-15)20-18(22)16-5-4-6-17(11-16)21(2)3/h4-11,13H,1-3H3,(H,20,22). The van der Waals surface area contributed by atoms with Gasteiger partial charge in [-0.15, -0.1) is 0 Å². The zero-order valence-corrected chi connectivity index (χ0v) is 13.0. The topological polar surface area (TPSA) is 56.1 Å². The van der Waals surface area contributed by atoms with Crippen molar-refractivity contribution < 1.29 is 4.79 Å². The van der Waals surface area contributed by atoms with Crippen molar-refractivity contribution in [2.75, 3.05) is 19.0 Å². The predicted octanol–water partition coefficient (Wildman–Crippen LogP) is 3.12. The molecule has 0 bridgehead atoms. The van der Waals surface area contributed by atoms with Gasteiger partial charge in [0.25, 0.3) is 5.91 Å². The van der Waals surface area contributed by atoms with Gasteiger partial charge in [-0.1, -0.05) is 18.2 Å². The van der Waals surface area contributed by atoms with Crippen molar-refractivity contribution in [2.45, 2.75) is 13.0 Å². The molecule has 22 heavy (non-hydrogen) atoms. The van der Waals surface area contributed by atoms with Crippen molar-refractivity contribution in [3.05, 3.63) is 65.2 Å². The Bertz CT molecular complexity index is 699. The largest absolute Gasteiger partial charge is 0.378 e. The number of nitrogens with zero attached hydrogens (tertiary/aromatic N) is 2. The third-order valence-electron chi connectivity index (χ3n) is 3.51. The van der Waals surface area contributed by atoms with Crippen LogP contribution in [0.25, 0.3) is 0 Å². The van der Waals surface area contributed by atoms with Gasteiger partial charge in [0, 0.05) is 25.3 Å². The molecule has 0 aliphatic carbocycles. The van der Waals surface area contributed by atoms with E-state index in [1.165, 1.54) is 0 Å². The second kappa shape index (κ2) is 6.77. The van der Waals surface area contributed by atoms with Crippen molar-refractivity contribution in [1.29, 1.82) is 5.26 Å². The van der Waals surface area contributed by atoms with Gasteiger partial charge in [0.05, 0.1) is 17.7 Å². The predicted molar refractivity (Wildman–Crippen MR) is 87.8 cm³/mol. The number of hydrogen-bond donors (Lipinski definition) is 1. The fourth-order valence-electron chi connectivity index (χ4n) is 2.13. The summed E-state index contributed by atoms with van der Waals surface area (Å²) < 4.78 is 0. The van der Waals surface area contributed by atoms with E-state index in [2.05, 4.69) is 11.4 Å². The Morgan fingerprint density at radius 2 is 1.86 bits per heavy atom. The van der Waals surface area contributed by atoms with Crippen LogP contribution in [0.2, 0.25) is 0 Å². The maximum absolute atomic E-state index is 12.3. The zero-order valence-electron chi connectivity index (χ0n) is 13.0. The zero-order chi connectivity index (χ0) is 16.1. The normalized spacial score (nSPS) is 11.4. The molecule has 1 N–H and O–H groups in total. The first kappa shape index (κ1) is 15.6. The molecule has 0 spiro atoms. The van der Waals surface area contributed by atoms with Crippen LogP contribution in [0.3, 0.4) is 0 Å². The van der Waals surface area contributed by atoms with Gasteiger partial charge < -0.3 is 10.2 Å². The molecule has 0 radical (unpaired) electrons. The van der Waals surface area contributed by atoms with Crippen LogP contribution >= 0.6 is 0 Å². The summed E-state index contributed by atoms with van der Waals surface area (Å²) in [5, 5.41) is 11.8. The summed E-state index contributed by atoms with van der Waals surface area (Å²) in [6.45, 7) is 1.93. The quantitative estimate of drug-likeness (QED) is 0.942. The fourth-order valence-corrected chi connectivity index (χ4v) is 2.13. The minimum absolute atomic E-state index is 0.111. The summed E-state index contributed by atoms with van der Waals surface area (Å²) >= 11 is 0. The summed E-state index contributed by atoms with van der Waals surface area (Å²) in [4.78, 5) is 14.3. The van der Waals surface area contributed by atoms with E-state index in [9.17, 15) is 4.79 Å². The molecular weight excluding hydrogens is 274 g/mol.